The van der Waals surface area contributed by atoms with Crippen molar-refractivity contribution in [2.75, 3.05) is 4.90 Å². The molecule has 1 saturated heterocycles. The van der Waals surface area contributed by atoms with E-state index in [-0.39, 0.29) is 11.6 Å². The number of benzene rings is 3. The molecule has 3 aromatic carbocycles. The normalized spacial score (nSPS) is 27.4. The van der Waals surface area contributed by atoms with E-state index in [0.717, 1.165) is 39.3 Å². The Labute approximate surface area is 188 Å². The smallest absolute Gasteiger partial charge is 0.274 e. The van der Waals surface area contributed by atoms with E-state index in [4.69, 9.17) is 0 Å². The van der Waals surface area contributed by atoms with Gasteiger partial charge in [0, 0.05) is 11.3 Å². The fourth-order valence-electron chi connectivity index (χ4n) is 6.61. The number of imide groups is 1. The molecule has 3 nitrogen and oxygen atoms in total. The Morgan fingerprint density at radius 2 is 1.45 bits per heavy atom. The molecule has 6 heteroatoms. The summed E-state index contributed by atoms with van der Waals surface area (Å²) in [7, 11) is 0. The molecule has 2 bridgehead atoms. The molecule has 3 aromatic rings. The van der Waals surface area contributed by atoms with Gasteiger partial charge < -0.3 is 0 Å². The van der Waals surface area contributed by atoms with Gasteiger partial charge in [0.2, 0.25) is 11.8 Å². The molecule has 0 radical (unpaired) electrons. The largest absolute Gasteiger partial charge is 0.416 e. The third kappa shape index (κ3) is 2.41. The topological polar surface area (TPSA) is 37.4 Å². The van der Waals surface area contributed by atoms with E-state index in [1.54, 1.807) is 0 Å². The highest BCUT2D eigenvalue weighted by Gasteiger charge is 2.67. The third-order valence-corrected chi connectivity index (χ3v) is 7.78. The number of carbonyl (C=O) groups excluding carboxylic acids is 2. The van der Waals surface area contributed by atoms with Crippen LogP contribution in [0.3, 0.4) is 0 Å². The summed E-state index contributed by atoms with van der Waals surface area (Å²) in [5, 5.41) is 0. The predicted octanol–water partition coefficient (Wildman–Crippen LogP) is 5.67. The van der Waals surface area contributed by atoms with Crippen molar-refractivity contribution in [2.45, 2.75) is 30.9 Å². The minimum Gasteiger partial charge on any atom is -0.274 e. The number of hydrogen-bond donors (Lipinski definition) is 0. The van der Waals surface area contributed by atoms with Crippen LogP contribution in [0.5, 0.6) is 0 Å². The molecule has 0 unspecified atom stereocenters. The second-order valence-corrected chi connectivity index (χ2v) is 9.04. The standard InChI is InChI=1S/C27H20F3NO2/c1-2-26-19-12-5-3-10-17(19)21(18-11-4-6-13-20(18)26)22-23(26)25(33)31(24(22)32)16-9-7-8-15(14-16)27(28,29)30/h3-14,21-23H,2H2,1H3/t21?,22-,23+,26?/m0/s1. The summed E-state index contributed by atoms with van der Waals surface area (Å²) in [6.07, 6.45) is -3.96. The van der Waals surface area contributed by atoms with Gasteiger partial charge >= 0.3 is 6.18 Å². The molecule has 7 rings (SSSR count). The van der Waals surface area contributed by atoms with Crippen molar-refractivity contribution in [1.29, 1.82) is 0 Å². The first-order valence-electron chi connectivity index (χ1n) is 11.0. The number of rotatable bonds is 2. The molecule has 0 spiro atoms. The van der Waals surface area contributed by atoms with Gasteiger partial charge in [-0.05, 0) is 46.9 Å². The monoisotopic (exact) mass is 447 g/mol. The van der Waals surface area contributed by atoms with Crippen molar-refractivity contribution in [2.24, 2.45) is 11.8 Å². The molecule has 1 heterocycles. The van der Waals surface area contributed by atoms with E-state index >= 15 is 0 Å². The van der Waals surface area contributed by atoms with Gasteiger partial charge in [-0.2, -0.15) is 13.2 Å². The zero-order valence-electron chi connectivity index (χ0n) is 17.8. The van der Waals surface area contributed by atoms with Crippen LogP contribution in [-0.2, 0) is 21.2 Å². The summed E-state index contributed by atoms with van der Waals surface area (Å²) >= 11 is 0. The van der Waals surface area contributed by atoms with Crippen molar-refractivity contribution in [1.82, 2.24) is 0 Å². The highest BCUT2D eigenvalue weighted by atomic mass is 19.4. The zero-order valence-corrected chi connectivity index (χ0v) is 17.8. The second kappa shape index (κ2) is 6.56. The molecule has 33 heavy (non-hydrogen) atoms. The van der Waals surface area contributed by atoms with Crippen molar-refractivity contribution in [3.63, 3.8) is 0 Å². The number of halogens is 3. The molecule has 166 valence electrons. The van der Waals surface area contributed by atoms with Crippen LogP contribution in [0.25, 0.3) is 0 Å². The molecule has 3 aliphatic carbocycles. The molecular weight excluding hydrogens is 427 g/mol. The van der Waals surface area contributed by atoms with Gasteiger partial charge in [0.15, 0.2) is 0 Å². The number of amides is 2. The van der Waals surface area contributed by atoms with E-state index in [0.29, 0.717) is 6.42 Å². The van der Waals surface area contributed by atoms with Crippen molar-refractivity contribution >= 4 is 17.5 Å². The lowest BCUT2D eigenvalue weighted by Gasteiger charge is -2.54. The maximum absolute atomic E-state index is 13.9. The van der Waals surface area contributed by atoms with Gasteiger partial charge in [-0.3, -0.25) is 9.59 Å². The number of nitrogens with zero attached hydrogens (tertiary/aromatic N) is 1. The quantitative estimate of drug-likeness (QED) is 0.475. The van der Waals surface area contributed by atoms with Crippen molar-refractivity contribution in [3.05, 3.63) is 101 Å². The maximum Gasteiger partial charge on any atom is 0.416 e. The van der Waals surface area contributed by atoms with Gasteiger partial charge in [0.25, 0.3) is 0 Å². The lowest BCUT2D eigenvalue weighted by atomic mass is 9.46. The average Bonchev–Trinajstić information content (AvgIpc) is 3.09. The fraction of sp³-hybridized carbons (Fsp3) is 0.259. The number of anilines is 1. The van der Waals surface area contributed by atoms with Gasteiger partial charge in [-0.15, -0.1) is 0 Å². The van der Waals surface area contributed by atoms with Crippen LogP contribution >= 0.6 is 0 Å². The molecule has 0 aromatic heterocycles. The Bertz CT molecular complexity index is 1280. The van der Waals surface area contributed by atoms with E-state index in [1.807, 2.05) is 55.5 Å². The highest BCUT2D eigenvalue weighted by molar-refractivity contribution is 6.23. The predicted molar refractivity (Wildman–Crippen MR) is 117 cm³/mol. The Hall–Kier alpha value is -3.41. The summed E-state index contributed by atoms with van der Waals surface area (Å²) < 4.78 is 40.1. The maximum atomic E-state index is 13.9. The van der Waals surface area contributed by atoms with Crippen LogP contribution in [0.15, 0.2) is 72.8 Å². The van der Waals surface area contributed by atoms with Gasteiger partial charge in [0.1, 0.15) is 0 Å². The minimum absolute atomic E-state index is 0.0204. The summed E-state index contributed by atoms with van der Waals surface area (Å²) in [5.74, 6) is -2.43. The highest BCUT2D eigenvalue weighted by Crippen LogP contribution is 2.65. The van der Waals surface area contributed by atoms with Crippen molar-refractivity contribution < 1.29 is 22.8 Å². The van der Waals surface area contributed by atoms with Crippen LogP contribution in [0.1, 0.15) is 47.1 Å². The second-order valence-electron chi connectivity index (χ2n) is 9.04. The Balaban J connectivity index is 1.59. The molecule has 2 atom stereocenters. The zero-order chi connectivity index (χ0) is 23.1. The van der Waals surface area contributed by atoms with Crippen LogP contribution < -0.4 is 4.90 Å². The summed E-state index contributed by atoms with van der Waals surface area (Å²) in [6, 6.07) is 20.4. The molecule has 4 aliphatic rings. The van der Waals surface area contributed by atoms with Crippen LogP contribution in [0, 0.1) is 11.8 Å². The first kappa shape index (κ1) is 20.2. The summed E-state index contributed by atoms with van der Waals surface area (Å²) in [4.78, 5) is 28.7. The Morgan fingerprint density at radius 1 is 0.848 bits per heavy atom. The summed E-state index contributed by atoms with van der Waals surface area (Å²) in [5.41, 5.74) is 2.56. The minimum atomic E-state index is -4.56. The first-order chi connectivity index (χ1) is 15.8. The number of hydrogen-bond acceptors (Lipinski definition) is 2. The molecule has 0 N–H and O–H groups in total. The molecular formula is C27H20F3NO2. The third-order valence-electron chi connectivity index (χ3n) is 7.78. The van der Waals surface area contributed by atoms with Gasteiger partial charge in [-0.25, -0.2) is 4.90 Å². The van der Waals surface area contributed by atoms with Gasteiger partial charge in [0.05, 0.1) is 23.1 Å². The first-order valence-corrected chi connectivity index (χ1v) is 11.0. The fourth-order valence-corrected chi connectivity index (χ4v) is 6.61. The van der Waals surface area contributed by atoms with Gasteiger partial charge in [-0.1, -0.05) is 61.5 Å². The molecule has 1 fully saturated rings. The molecule has 0 saturated carbocycles. The Kier molecular flexibility index (Phi) is 4.02. The van der Waals surface area contributed by atoms with Crippen LogP contribution in [-0.4, -0.2) is 11.8 Å². The van der Waals surface area contributed by atoms with E-state index in [9.17, 15) is 22.8 Å². The summed E-state index contributed by atoms with van der Waals surface area (Å²) in [6.45, 7) is 2.01. The van der Waals surface area contributed by atoms with E-state index in [2.05, 4.69) is 0 Å². The number of carbonyl (C=O) groups is 2. The number of alkyl halides is 3. The van der Waals surface area contributed by atoms with Crippen molar-refractivity contribution in [3.8, 4) is 0 Å². The van der Waals surface area contributed by atoms with Crippen LogP contribution in [0.4, 0.5) is 18.9 Å². The van der Waals surface area contributed by atoms with E-state index < -0.39 is 40.8 Å². The van der Waals surface area contributed by atoms with E-state index in [1.165, 1.54) is 12.1 Å². The average molecular weight is 447 g/mol. The SMILES string of the molecule is CCC12c3ccccc3C(c3ccccc31)[C@@H]1C(=O)N(c3cccc(C(F)(F)F)c3)C(=O)[C@@H]12. The molecule has 1 aliphatic heterocycles. The molecule has 2 amide bonds. The lowest BCUT2D eigenvalue weighted by Crippen LogP contribution is -2.53. The Morgan fingerprint density at radius 3 is 2.03 bits per heavy atom. The lowest BCUT2D eigenvalue weighted by molar-refractivity contribution is -0.137. The van der Waals surface area contributed by atoms with Crippen LogP contribution in [0.2, 0.25) is 0 Å².